The number of aromatic carboxylic acids is 1. The number of aromatic nitrogens is 1. The van der Waals surface area contributed by atoms with Gasteiger partial charge in [0.2, 0.25) is 0 Å². The highest BCUT2D eigenvalue weighted by atomic mass is 35.5. The van der Waals surface area contributed by atoms with Gasteiger partial charge < -0.3 is 9.67 Å². The van der Waals surface area contributed by atoms with Gasteiger partial charge in [0.15, 0.2) is 0 Å². The molecule has 3 nitrogen and oxygen atoms in total. The first-order valence-electron chi connectivity index (χ1n) is 5.47. The van der Waals surface area contributed by atoms with Crippen LogP contribution in [-0.4, -0.2) is 15.6 Å². The highest BCUT2D eigenvalue weighted by Crippen LogP contribution is 2.35. The molecule has 1 N–H and O–H groups in total. The maximum absolute atomic E-state index is 12.7. The second kappa shape index (κ2) is 4.86. The maximum Gasteiger partial charge on any atom is 0.416 e. The summed E-state index contributed by atoms with van der Waals surface area (Å²) in [5.74, 6) is -1.16. The number of hydrogen-bond donors (Lipinski definition) is 1. The van der Waals surface area contributed by atoms with Gasteiger partial charge in [0.25, 0.3) is 0 Å². The van der Waals surface area contributed by atoms with Crippen LogP contribution < -0.4 is 0 Å². The average molecular weight is 304 g/mol. The minimum Gasteiger partial charge on any atom is -0.477 e. The molecule has 0 saturated carbocycles. The fourth-order valence-electron chi connectivity index (χ4n) is 1.92. The Kier molecular flexibility index (Phi) is 3.52. The van der Waals surface area contributed by atoms with Crippen LogP contribution in [0.3, 0.4) is 0 Å². The van der Waals surface area contributed by atoms with E-state index in [0.717, 1.165) is 12.1 Å². The molecule has 2 rings (SSSR count). The van der Waals surface area contributed by atoms with E-state index in [1.165, 1.54) is 29.8 Å². The molecule has 0 fully saturated rings. The van der Waals surface area contributed by atoms with Crippen molar-refractivity contribution < 1.29 is 23.1 Å². The third-order valence-electron chi connectivity index (χ3n) is 2.86. The Bertz CT molecular complexity index is 677. The van der Waals surface area contributed by atoms with E-state index in [1.54, 1.807) is 0 Å². The number of rotatable bonds is 2. The Morgan fingerprint density at radius 1 is 1.25 bits per heavy atom. The summed E-state index contributed by atoms with van der Waals surface area (Å²) < 4.78 is 39.5. The van der Waals surface area contributed by atoms with Crippen molar-refractivity contribution in [3.63, 3.8) is 0 Å². The summed E-state index contributed by atoms with van der Waals surface area (Å²) in [6, 6.07) is 5.89. The van der Waals surface area contributed by atoms with E-state index in [4.69, 9.17) is 16.7 Å². The zero-order valence-electron chi connectivity index (χ0n) is 10.2. The Morgan fingerprint density at radius 3 is 2.40 bits per heavy atom. The van der Waals surface area contributed by atoms with Crippen LogP contribution in [0.5, 0.6) is 0 Å². The van der Waals surface area contributed by atoms with Gasteiger partial charge in [-0.3, -0.25) is 0 Å². The lowest BCUT2D eigenvalue weighted by atomic mass is 10.1. The van der Waals surface area contributed by atoms with E-state index in [1.807, 2.05) is 0 Å². The van der Waals surface area contributed by atoms with Crippen LogP contribution in [0.25, 0.3) is 11.3 Å². The largest absolute Gasteiger partial charge is 0.477 e. The molecule has 0 radical (unpaired) electrons. The Balaban J connectivity index is 2.59. The van der Waals surface area contributed by atoms with E-state index in [2.05, 4.69) is 0 Å². The molecule has 0 atom stereocenters. The average Bonchev–Trinajstić information content (AvgIpc) is 2.69. The first-order chi connectivity index (χ1) is 9.20. The standard InChI is InChI=1S/C13H9ClF3NO2/c1-18-10(2-3-11(18)12(19)20)7-4-8(13(15,16)17)6-9(14)5-7/h2-6H,1H3,(H,19,20). The van der Waals surface area contributed by atoms with E-state index < -0.39 is 17.7 Å². The fraction of sp³-hybridized carbons (Fsp3) is 0.154. The summed E-state index contributed by atoms with van der Waals surface area (Å²) in [4.78, 5) is 10.9. The van der Waals surface area contributed by atoms with Crippen molar-refractivity contribution in [3.8, 4) is 11.3 Å². The summed E-state index contributed by atoms with van der Waals surface area (Å²) in [6.45, 7) is 0. The van der Waals surface area contributed by atoms with Gasteiger partial charge in [-0.1, -0.05) is 11.6 Å². The van der Waals surface area contributed by atoms with E-state index in [-0.39, 0.29) is 16.3 Å². The summed E-state index contributed by atoms with van der Waals surface area (Å²) in [5, 5.41) is 8.88. The monoisotopic (exact) mass is 303 g/mol. The molecule has 0 bridgehead atoms. The molecule has 20 heavy (non-hydrogen) atoms. The normalized spacial score (nSPS) is 11.7. The number of carbonyl (C=O) groups is 1. The van der Waals surface area contributed by atoms with Crippen LogP contribution >= 0.6 is 11.6 Å². The van der Waals surface area contributed by atoms with Crippen molar-refractivity contribution in [2.75, 3.05) is 0 Å². The molecule has 1 heterocycles. The topological polar surface area (TPSA) is 42.2 Å². The van der Waals surface area contributed by atoms with Gasteiger partial charge in [0.05, 0.1) is 5.56 Å². The summed E-state index contributed by atoms with van der Waals surface area (Å²) in [6.07, 6.45) is -4.51. The lowest BCUT2D eigenvalue weighted by molar-refractivity contribution is -0.137. The van der Waals surface area contributed by atoms with Crippen LogP contribution in [0.4, 0.5) is 13.2 Å². The first-order valence-corrected chi connectivity index (χ1v) is 5.85. The molecule has 0 aliphatic carbocycles. The molecular weight excluding hydrogens is 295 g/mol. The van der Waals surface area contributed by atoms with Crippen molar-refractivity contribution in [1.82, 2.24) is 4.57 Å². The highest BCUT2D eigenvalue weighted by Gasteiger charge is 2.31. The predicted molar refractivity (Wildman–Crippen MR) is 67.8 cm³/mol. The van der Waals surface area contributed by atoms with Gasteiger partial charge in [-0.15, -0.1) is 0 Å². The lowest BCUT2D eigenvalue weighted by Gasteiger charge is -2.11. The molecule has 1 aromatic heterocycles. The van der Waals surface area contributed by atoms with Crippen molar-refractivity contribution in [1.29, 1.82) is 0 Å². The van der Waals surface area contributed by atoms with Gasteiger partial charge in [-0.25, -0.2) is 4.79 Å². The number of halogens is 4. The number of benzene rings is 1. The van der Waals surface area contributed by atoms with Crippen LogP contribution in [0.2, 0.25) is 5.02 Å². The van der Waals surface area contributed by atoms with Gasteiger partial charge in [-0.2, -0.15) is 13.2 Å². The second-order valence-electron chi connectivity index (χ2n) is 4.19. The van der Waals surface area contributed by atoms with Crippen LogP contribution in [0, 0.1) is 0 Å². The van der Waals surface area contributed by atoms with Gasteiger partial charge >= 0.3 is 12.1 Å². The van der Waals surface area contributed by atoms with Crippen LogP contribution in [-0.2, 0) is 13.2 Å². The Labute approximate surface area is 117 Å². The zero-order valence-corrected chi connectivity index (χ0v) is 11.0. The van der Waals surface area contributed by atoms with E-state index in [0.29, 0.717) is 5.69 Å². The van der Waals surface area contributed by atoms with E-state index >= 15 is 0 Å². The van der Waals surface area contributed by atoms with Crippen LogP contribution in [0.15, 0.2) is 30.3 Å². The van der Waals surface area contributed by atoms with Gasteiger partial charge in [-0.05, 0) is 30.3 Å². The number of carboxylic acid groups (broad SMARTS) is 1. The third-order valence-corrected chi connectivity index (χ3v) is 3.08. The molecule has 0 spiro atoms. The maximum atomic E-state index is 12.7. The SMILES string of the molecule is Cn1c(C(=O)O)ccc1-c1cc(Cl)cc(C(F)(F)F)c1. The number of hydrogen-bond acceptors (Lipinski definition) is 1. The molecule has 7 heteroatoms. The number of nitrogens with zero attached hydrogens (tertiary/aromatic N) is 1. The van der Waals surface area contributed by atoms with Crippen LogP contribution in [0.1, 0.15) is 16.1 Å². The number of carboxylic acids is 1. The molecule has 0 unspecified atom stereocenters. The third kappa shape index (κ3) is 2.65. The fourth-order valence-corrected chi connectivity index (χ4v) is 2.15. The zero-order chi connectivity index (χ0) is 15.1. The highest BCUT2D eigenvalue weighted by molar-refractivity contribution is 6.31. The lowest BCUT2D eigenvalue weighted by Crippen LogP contribution is -2.07. The molecule has 0 aliphatic rings. The molecular formula is C13H9ClF3NO2. The molecule has 2 aromatic rings. The van der Waals surface area contributed by atoms with Crippen molar-refractivity contribution in [2.45, 2.75) is 6.18 Å². The van der Waals surface area contributed by atoms with Gasteiger partial charge in [0, 0.05) is 23.3 Å². The van der Waals surface area contributed by atoms with Crippen molar-refractivity contribution >= 4 is 17.6 Å². The summed E-state index contributed by atoms with van der Waals surface area (Å²) >= 11 is 5.70. The van der Waals surface area contributed by atoms with E-state index in [9.17, 15) is 18.0 Å². The Hall–Kier alpha value is -1.95. The number of alkyl halides is 3. The molecule has 0 saturated heterocycles. The summed E-state index contributed by atoms with van der Waals surface area (Å²) in [5.41, 5.74) is -0.346. The Morgan fingerprint density at radius 2 is 1.90 bits per heavy atom. The van der Waals surface area contributed by atoms with Crippen molar-refractivity contribution in [2.24, 2.45) is 7.05 Å². The minimum absolute atomic E-state index is 0.0199. The molecule has 1 aromatic carbocycles. The molecule has 0 amide bonds. The summed E-state index contributed by atoms with van der Waals surface area (Å²) in [7, 11) is 1.47. The quantitative estimate of drug-likeness (QED) is 0.909. The first kappa shape index (κ1) is 14.5. The van der Waals surface area contributed by atoms with Crippen molar-refractivity contribution in [3.05, 3.63) is 46.6 Å². The second-order valence-corrected chi connectivity index (χ2v) is 4.63. The smallest absolute Gasteiger partial charge is 0.416 e. The molecule has 0 aliphatic heterocycles. The molecule has 106 valence electrons. The minimum atomic E-state index is -4.51. The predicted octanol–water partition coefficient (Wildman–Crippen LogP) is 4.06. The van der Waals surface area contributed by atoms with Gasteiger partial charge in [0.1, 0.15) is 5.69 Å².